The molecule has 0 radical (unpaired) electrons. The van der Waals surface area contributed by atoms with Gasteiger partial charge in [0.05, 0.1) is 15.1 Å². The van der Waals surface area contributed by atoms with Crippen molar-refractivity contribution in [3.8, 4) is 23.1 Å². The number of aromatic nitrogens is 1. The summed E-state index contributed by atoms with van der Waals surface area (Å²) in [5, 5.41) is 21.5. The van der Waals surface area contributed by atoms with Crippen LogP contribution < -0.4 is 14.8 Å². The van der Waals surface area contributed by atoms with Crippen LogP contribution in [0.3, 0.4) is 0 Å². The van der Waals surface area contributed by atoms with Crippen molar-refractivity contribution in [1.29, 1.82) is 5.26 Å². The maximum atomic E-state index is 13.5. The van der Waals surface area contributed by atoms with Gasteiger partial charge in [-0.25, -0.2) is 0 Å². The van der Waals surface area contributed by atoms with Crippen LogP contribution in [0.5, 0.6) is 0 Å². The Kier molecular flexibility index (Phi) is 6.99. The Balaban J connectivity index is 1.93. The van der Waals surface area contributed by atoms with E-state index in [0.29, 0.717) is 27.8 Å². The van der Waals surface area contributed by atoms with Crippen LogP contribution in [-0.2, 0) is 4.79 Å². The lowest BCUT2D eigenvalue weighted by molar-refractivity contribution is -0.384. The van der Waals surface area contributed by atoms with Gasteiger partial charge in [-0.2, -0.15) is 5.26 Å². The minimum absolute atomic E-state index is 0.0729. The van der Waals surface area contributed by atoms with Gasteiger partial charge in [0.1, 0.15) is 27.8 Å². The molecule has 0 spiro atoms. The number of hydrogen-bond acceptors (Lipinski definition) is 7. The molecule has 4 aromatic rings. The molecule has 2 aromatic carbocycles. The van der Waals surface area contributed by atoms with E-state index < -0.39 is 21.7 Å². The molecular weight excluding hydrogens is 514 g/mol. The highest BCUT2D eigenvalue weighted by Gasteiger charge is 2.27. The third-order valence-electron chi connectivity index (χ3n) is 5.38. The van der Waals surface area contributed by atoms with E-state index in [4.69, 9.17) is 16.0 Å². The number of carbonyl (C=O) groups excluding carboxylic acids is 1. The number of furan rings is 1. The first-order valence-electron chi connectivity index (χ1n) is 11.0. The van der Waals surface area contributed by atoms with Crippen molar-refractivity contribution >= 4 is 46.1 Å². The Labute approximate surface area is 220 Å². The molecule has 0 N–H and O–H groups in total. The van der Waals surface area contributed by atoms with Gasteiger partial charge in [-0.1, -0.05) is 44.5 Å². The highest BCUT2D eigenvalue weighted by molar-refractivity contribution is 7.07. The first-order chi connectivity index (χ1) is 17.5. The number of hydrogen-bond donors (Lipinski definition) is 0. The topological polar surface area (TPSA) is 119 Å². The fourth-order valence-corrected chi connectivity index (χ4v) is 4.74. The molecule has 0 aliphatic carbocycles. The summed E-state index contributed by atoms with van der Waals surface area (Å²) < 4.78 is 7.60. The number of Topliss-reactive ketones (excluding diaryl/α,β-unsaturated/α-hetero) is 1. The number of ketones is 1. The molecule has 0 aliphatic heterocycles. The van der Waals surface area contributed by atoms with Crippen molar-refractivity contribution in [3.63, 3.8) is 0 Å². The zero-order chi connectivity index (χ0) is 26.9. The monoisotopic (exact) mass is 533 g/mol. The average molecular weight is 534 g/mol. The molecule has 0 saturated carbocycles. The number of nitro groups is 1. The summed E-state index contributed by atoms with van der Waals surface area (Å²) in [6.07, 6.45) is 1.51. The average Bonchev–Trinajstić information content (AvgIpc) is 3.45. The van der Waals surface area contributed by atoms with Crippen LogP contribution in [0.4, 0.5) is 5.69 Å². The van der Waals surface area contributed by atoms with Crippen LogP contribution >= 0.6 is 22.9 Å². The Morgan fingerprint density at radius 2 is 1.86 bits per heavy atom. The molecule has 0 unspecified atom stereocenters. The molecule has 0 fully saturated rings. The lowest BCUT2D eigenvalue weighted by Crippen LogP contribution is -2.33. The molecule has 2 aromatic heterocycles. The van der Waals surface area contributed by atoms with Gasteiger partial charge in [0.2, 0.25) is 0 Å². The van der Waals surface area contributed by atoms with Gasteiger partial charge < -0.3 is 4.42 Å². The minimum Gasteiger partial charge on any atom is -0.457 e. The third-order valence-corrected chi connectivity index (χ3v) is 6.73. The van der Waals surface area contributed by atoms with Gasteiger partial charge in [-0.3, -0.25) is 24.3 Å². The summed E-state index contributed by atoms with van der Waals surface area (Å²) in [5.74, 6) is 0.323. The summed E-state index contributed by atoms with van der Waals surface area (Å²) >= 11 is 7.02. The minimum atomic E-state index is -0.839. The molecule has 37 heavy (non-hydrogen) atoms. The zero-order valence-electron chi connectivity index (χ0n) is 20.0. The highest BCUT2D eigenvalue weighted by Crippen LogP contribution is 2.26. The molecule has 2 heterocycles. The highest BCUT2D eigenvalue weighted by atomic mass is 35.5. The van der Waals surface area contributed by atoms with E-state index in [0.717, 1.165) is 11.3 Å². The number of carbonyl (C=O) groups is 1. The number of thiazole rings is 1. The summed E-state index contributed by atoms with van der Waals surface area (Å²) in [7, 11) is 0. The fraction of sp³-hybridized carbons (Fsp3) is 0.148. The predicted octanol–water partition coefficient (Wildman–Crippen LogP) is 4.84. The lowest BCUT2D eigenvalue weighted by atomic mass is 9.87. The van der Waals surface area contributed by atoms with Crippen LogP contribution in [0, 0.1) is 26.9 Å². The molecule has 186 valence electrons. The largest absolute Gasteiger partial charge is 0.457 e. The van der Waals surface area contributed by atoms with E-state index in [1.54, 1.807) is 69.3 Å². The van der Waals surface area contributed by atoms with E-state index in [1.807, 2.05) is 6.07 Å². The molecular formula is C27H20ClN3O5S. The molecule has 0 atom stereocenters. The summed E-state index contributed by atoms with van der Waals surface area (Å²) in [5.41, 5.74) is -0.516. The zero-order valence-corrected chi connectivity index (χ0v) is 21.6. The second kappa shape index (κ2) is 10.0. The molecule has 8 nitrogen and oxygen atoms in total. The third kappa shape index (κ3) is 5.31. The van der Waals surface area contributed by atoms with Crippen molar-refractivity contribution in [1.82, 2.24) is 4.57 Å². The number of benzene rings is 2. The van der Waals surface area contributed by atoms with E-state index in [2.05, 4.69) is 0 Å². The first kappa shape index (κ1) is 25.8. The standard InChI is InChI=1S/C27H20ClN3O5S/c1-27(2,3)24(32)21(15-29)26-30(18-9-7-17(28)8-10-18)25(33)23(37-26)14-20-11-12-22(36-20)16-5-4-6-19(13-16)31(34)35/h4-14H,1-3H3/b23-14-,26-21+. The SMILES string of the molecule is CC(C)(C)C(=O)/C(C#N)=c1/s/c(=C\c2ccc(-c3cccc([N+](=O)[O-])c3)o2)c(=O)n1-c1ccc(Cl)cc1. The normalized spacial score (nSPS) is 12.8. The van der Waals surface area contributed by atoms with Crippen LogP contribution in [0.1, 0.15) is 26.5 Å². The van der Waals surface area contributed by atoms with Crippen molar-refractivity contribution in [2.24, 2.45) is 5.41 Å². The van der Waals surface area contributed by atoms with Crippen molar-refractivity contribution < 1.29 is 14.1 Å². The van der Waals surface area contributed by atoms with Crippen LogP contribution in [0.25, 0.3) is 28.7 Å². The van der Waals surface area contributed by atoms with Gasteiger partial charge in [-0.15, -0.1) is 11.3 Å². The molecule has 0 amide bonds. The van der Waals surface area contributed by atoms with Gasteiger partial charge in [0.25, 0.3) is 11.2 Å². The Morgan fingerprint density at radius 1 is 1.16 bits per heavy atom. The number of nitro benzene ring substituents is 1. The molecule has 0 bridgehead atoms. The predicted molar refractivity (Wildman–Crippen MR) is 142 cm³/mol. The lowest BCUT2D eigenvalue weighted by Gasteiger charge is -2.15. The number of rotatable bonds is 5. The number of nitrogens with zero attached hydrogens (tertiary/aromatic N) is 3. The van der Waals surface area contributed by atoms with Gasteiger partial charge in [0.15, 0.2) is 5.78 Å². The summed E-state index contributed by atoms with van der Waals surface area (Å²) in [6, 6.07) is 17.8. The molecule has 0 saturated heterocycles. The number of non-ortho nitro benzene ring substituents is 1. The summed E-state index contributed by atoms with van der Waals surface area (Å²) in [6.45, 7) is 5.11. The molecule has 4 rings (SSSR count). The maximum absolute atomic E-state index is 13.5. The number of halogens is 1. The van der Waals surface area contributed by atoms with Gasteiger partial charge >= 0.3 is 0 Å². The Hall–Kier alpha value is -4.26. The quantitative estimate of drug-likeness (QED) is 0.267. The van der Waals surface area contributed by atoms with E-state index in [-0.39, 0.29) is 20.5 Å². The van der Waals surface area contributed by atoms with E-state index in [9.17, 15) is 25.0 Å². The number of nitriles is 1. The fourth-order valence-electron chi connectivity index (χ4n) is 3.53. The van der Waals surface area contributed by atoms with E-state index in [1.165, 1.54) is 22.8 Å². The van der Waals surface area contributed by atoms with Crippen LogP contribution in [0.15, 0.2) is 69.9 Å². The smallest absolute Gasteiger partial charge is 0.273 e. The second-order valence-electron chi connectivity index (χ2n) is 9.11. The van der Waals surface area contributed by atoms with Crippen LogP contribution in [-0.4, -0.2) is 15.3 Å². The Bertz CT molecular complexity index is 1750. The van der Waals surface area contributed by atoms with E-state index >= 15 is 0 Å². The van der Waals surface area contributed by atoms with Gasteiger partial charge in [0, 0.05) is 34.2 Å². The Morgan fingerprint density at radius 3 is 2.49 bits per heavy atom. The van der Waals surface area contributed by atoms with Crippen molar-refractivity contribution in [3.05, 3.63) is 101 Å². The molecule has 10 heteroatoms. The van der Waals surface area contributed by atoms with Crippen LogP contribution in [0.2, 0.25) is 5.02 Å². The maximum Gasteiger partial charge on any atom is 0.273 e. The van der Waals surface area contributed by atoms with Crippen molar-refractivity contribution in [2.45, 2.75) is 20.8 Å². The second-order valence-corrected chi connectivity index (χ2v) is 10.6. The van der Waals surface area contributed by atoms with Gasteiger partial charge in [-0.05, 0) is 36.4 Å². The summed E-state index contributed by atoms with van der Waals surface area (Å²) in [4.78, 5) is 37.2. The van der Waals surface area contributed by atoms with Crippen molar-refractivity contribution in [2.75, 3.05) is 0 Å². The first-order valence-corrected chi connectivity index (χ1v) is 12.2. The molecule has 0 aliphatic rings.